The minimum absolute atomic E-state index is 0.0573. The van der Waals surface area contributed by atoms with Crippen LogP contribution in [0.2, 0.25) is 0 Å². The van der Waals surface area contributed by atoms with Crippen LogP contribution < -0.4 is 19.7 Å². The predicted octanol–water partition coefficient (Wildman–Crippen LogP) is 2.29. The summed E-state index contributed by atoms with van der Waals surface area (Å²) in [6.45, 7) is 5.65. The van der Waals surface area contributed by atoms with Gasteiger partial charge in [-0.1, -0.05) is 6.07 Å². The van der Waals surface area contributed by atoms with Crippen molar-refractivity contribution in [3.63, 3.8) is 0 Å². The third-order valence-electron chi connectivity index (χ3n) is 5.88. The number of hydrogen-bond acceptors (Lipinski definition) is 6. The van der Waals surface area contributed by atoms with Gasteiger partial charge in [0.25, 0.3) is 5.91 Å². The smallest absolute Gasteiger partial charge is 0.251 e. The summed E-state index contributed by atoms with van der Waals surface area (Å²) < 4.78 is 24.6. The summed E-state index contributed by atoms with van der Waals surface area (Å²) >= 11 is 0. The summed E-state index contributed by atoms with van der Waals surface area (Å²) in [5.41, 5.74) is 1.52. The van der Waals surface area contributed by atoms with Crippen LogP contribution in [-0.4, -0.2) is 74.5 Å². The van der Waals surface area contributed by atoms with Gasteiger partial charge in [-0.15, -0.1) is 0 Å². The first-order chi connectivity index (χ1) is 15.6. The lowest BCUT2D eigenvalue weighted by Crippen LogP contribution is -2.47. The molecule has 0 aromatic heterocycles. The molecule has 1 saturated heterocycles. The van der Waals surface area contributed by atoms with Crippen molar-refractivity contribution in [2.24, 2.45) is 0 Å². The Labute approximate surface area is 187 Å². The van der Waals surface area contributed by atoms with Crippen molar-refractivity contribution >= 4 is 11.6 Å². The van der Waals surface area contributed by atoms with Crippen molar-refractivity contribution in [3.8, 4) is 11.5 Å². The van der Waals surface area contributed by atoms with Crippen LogP contribution >= 0.6 is 0 Å². The van der Waals surface area contributed by atoms with Crippen molar-refractivity contribution in [2.45, 2.75) is 18.9 Å². The van der Waals surface area contributed by atoms with Crippen LogP contribution in [0.5, 0.6) is 11.5 Å². The maximum Gasteiger partial charge on any atom is 0.251 e. The molecule has 0 spiro atoms. The summed E-state index contributed by atoms with van der Waals surface area (Å²) in [5, 5.41) is 12.2. The number of ether oxygens (including phenoxy) is 2. The summed E-state index contributed by atoms with van der Waals surface area (Å²) in [6.07, 6.45) is 1.59. The number of aliphatic hydroxyl groups is 1. The number of anilines is 1. The first-order valence-electron chi connectivity index (χ1n) is 11.2. The van der Waals surface area contributed by atoms with Crippen LogP contribution in [0.25, 0.3) is 0 Å². The summed E-state index contributed by atoms with van der Waals surface area (Å²) in [5.74, 6) is 0.951. The molecule has 7 nitrogen and oxygen atoms in total. The van der Waals surface area contributed by atoms with Crippen molar-refractivity contribution < 1.29 is 23.8 Å². The number of nitrogens with zero attached hydrogens (tertiary/aromatic N) is 2. The zero-order chi connectivity index (χ0) is 22.3. The highest BCUT2D eigenvalue weighted by atomic mass is 19.1. The van der Waals surface area contributed by atoms with Gasteiger partial charge >= 0.3 is 0 Å². The molecule has 2 aromatic rings. The van der Waals surface area contributed by atoms with E-state index in [9.17, 15) is 14.3 Å². The Kier molecular flexibility index (Phi) is 7.44. The average molecular weight is 444 g/mol. The Morgan fingerprint density at radius 1 is 1.09 bits per heavy atom. The van der Waals surface area contributed by atoms with Gasteiger partial charge in [-0.3, -0.25) is 9.69 Å². The van der Waals surface area contributed by atoms with Crippen molar-refractivity contribution in [1.29, 1.82) is 0 Å². The predicted molar refractivity (Wildman–Crippen MR) is 120 cm³/mol. The minimum atomic E-state index is -0.343. The number of aliphatic hydroxyl groups excluding tert-OH is 1. The topological polar surface area (TPSA) is 74.3 Å². The highest BCUT2D eigenvalue weighted by molar-refractivity contribution is 5.94. The van der Waals surface area contributed by atoms with Gasteiger partial charge in [0.1, 0.15) is 12.4 Å². The summed E-state index contributed by atoms with van der Waals surface area (Å²) in [6, 6.07) is 11.5. The number of fused-ring (bicyclic) bond motifs is 1. The summed E-state index contributed by atoms with van der Waals surface area (Å²) in [4.78, 5) is 16.8. The number of benzene rings is 2. The number of piperazine rings is 1. The second-order valence-electron chi connectivity index (χ2n) is 8.14. The zero-order valence-electron chi connectivity index (χ0n) is 18.1. The lowest BCUT2D eigenvalue weighted by molar-refractivity contribution is 0.0459. The lowest BCUT2D eigenvalue weighted by atomic mass is 10.2. The van der Waals surface area contributed by atoms with Gasteiger partial charge in [0, 0.05) is 38.3 Å². The van der Waals surface area contributed by atoms with Gasteiger partial charge in [-0.25, -0.2) is 4.39 Å². The van der Waals surface area contributed by atoms with Crippen LogP contribution in [-0.2, 0) is 0 Å². The number of amides is 1. The van der Waals surface area contributed by atoms with E-state index in [0.717, 1.165) is 57.0 Å². The standard InChI is InChI=1S/C24H30FN3O4/c25-19-8-6-18(7-9-19)24(30)26-10-1-2-11-27-12-14-28(15-13-27)21-4-3-5-22-23(21)31-17-20(16-29)32-22/h3-9,20,29H,1-2,10-17H2,(H,26,30)/t20-/m0/s1. The molecule has 32 heavy (non-hydrogen) atoms. The number of nitrogens with one attached hydrogen (secondary N) is 1. The van der Waals surface area contributed by atoms with Crippen molar-refractivity contribution in [3.05, 3.63) is 53.8 Å². The highest BCUT2D eigenvalue weighted by Gasteiger charge is 2.26. The Balaban J connectivity index is 1.17. The van der Waals surface area contributed by atoms with E-state index in [1.807, 2.05) is 12.1 Å². The summed E-state index contributed by atoms with van der Waals surface area (Å²) in [7, 11) is 0. The third kappa shape index (κ3) is 5.49. The molecule has 2 heterocycles. The van der Waals surface area contributed by atoms with E-state index in [4.69, 9.17) is 9.47 Å². The van der Waals surface area contributed by atoms with Crippen LogP contribution in [0.3, 0.4) is 0 Å². The Morgan fingerprint density at radius 3 is 2.62 bits per heavy atom. The zero-order valence-corrected chi connectivity index (χ0v) is 18.1. The average Bonchev–Trinajstić information content (AvgIpc) is 2.84. The van der Waals surface area contributed by atoms with E-state index >= 15 is 0 Å². The van der Waals surface area contributed by atoms with E-state index in [2.05, 4.69) is 21.2 Å². The lowest BCUT2D eigenvalue weighted by Gasteiger charge is -2.38. The van der Waals surface area contributed by atoms with E-state index in [0.29, 0.717) is 24.5 Å². The monoisotopic (exact) mass is 443 g/mol. The van der Waals surface area contributed by atoms with E-state index in [1.54, 1.807) is 0 Å². The first kappa shape index (κ1) is 22.4. The van der Waals surface area contributed by atoms with Gasteiger partial charge in [-0.05, 0) is 55.8 Å². The fourth-order valence-electron chi connectivity index (χ4n) is 4.05. The van der Waals surface area contributed by atoms with Gasteiger partial charge < -0.3 is 24.8 Å². The number of halogens is 1. The first-order valence-corrected chi connectivity index (χ1v) is 11.2. The molecule has 172 valence electrons. The molecule has 0 saturated carbocycles. The van der Waals surface area contributed by atoms with Crippen LogP contribution in [0.4, 0.5) is 10.1 Å². The fraction of sp³-hybridized carbons (Fsp3) is 0.458. The van der Waals surface area contributed by atoms with Crippen molar-refractivity contribution in [1.82, 2.24) is 10.2 Å². The number of hydrogen-bond donors (Lipinski definition) is 2. The maximum absolute atomic E-state index is 12.9. The molecule has 4 rings (SSSR count). The molecule has 0 radical (unpaired) electrons. The van der Waals surface area contributed by atoms with Gasteiger partial charge in [0.15, 0.2) is 17.6 Å². The Morgan fingerprint density at radius 2 is 1.88 bits per heavy atom. The van der Waals surface area contributed by atoms with Crippen molar-refractivity contribution in [2.75, 3.05) is 57.4 Å². The van der Waals surface area contributed by atoms with Crippen LogP contribution in [0.1, 0.15) is 23.2 Å². The van der Waals surface area contributed by atoms with Crippen LogP contribution in [0, 0.1) is 5.82 Å². The molecule has 0 aliphatic carbocycles. The van der Waals surface area contributed by atoms with Gasteiger partial charge in [-0.2, -0.15) is 0 Å². The molecule has 1 atom stereocenters. The number of unbranched alkanes of at least 4 members (excludes halogenated alkanes) is 1. The molecule has 8 heteroatoms. The number of carbonyl (C=O) groups excluding carboxylic acids is 1. The molecule has 0 bridgehead atoms. The largest absolute Gasteiger partial charge is 0.484 e. The van der Waals surface area contributed by atoms with E-state index in [1.165, 1.54) is 24.3 Å². The molecule has 2 aliphatic heterocycles. The van der Waals surface area contributed by atoms with Gasteiger partial charge in [0.05, 0.1) is 12.3 Å². The van der Waals surface area contributed by atoms with E-state index in [-0.39, 0.29) is 24.4 Å². The normalized spacial score (nSPS) is 18.4. The SMILES string of the molecule is O=C(NCCCCN1CCN(c2cccc3c2OC[C@H](CO)O3)CC1)c1ccc(F)cc1. The third-order valence-corrected chi connectivity index (χ3v) is 5.88. The molecule has 1 fully saturated rings. The maximum atomic E-state index is 12.9. The molecule has 2 aromatic carbocycles. The Hall–Kier alpha value is -2.84. The fourth-order valence-corrected chi connectivity index (χ4v) is 4.05. The Bertz CT molecular complexity index is 901. The minimum Gasteiger partial charge on any atom is -0.484 e. The van der Waals surface area contributed by atoms with E-state index < -0.39 is 0 Å². The number of rotatable bonds is 8. The highest BCUT2D eigenvalue weighted by Crippen LogP contribution is 2.40. The second kappa shape index (κ2) is 10.7. The number of para-hydroxylation sites is 1. The molecule has 0 unspecified atom stereocenters. The molecule has 2 aliphatic rings. The molecular weight excluding hydrogens is 413 g/mol. The number of carbonyl (C=O) groups is 1. The van der Waals surface area contributed by atoms with Gasteiger partial charge in [0.2, 0.25) is 0 Å². The molecule has 1 amide bonds. The van der Waals surface area contributed by atoms with Crippen LogP contribution in [0.15, 0.2) is 42.5 Å². The molecule has 2 N–H and O–H groups in total. The second-order valence-corrected chi connectivity index (χ2v) is 8.14. The molecular formula is C24H30FN3O4. The quantitative estimate of drug-likeness (QED) is 0.610.